The average Bonchev–Trinajstić information content (AvgIpc) is 2.39. The minimum Gasteiger partial charge on any atom is -0.324 e. The molecule has 0 aromatic heterocycles. The molecule has 1 unspecified atom stereocenters. The summed E-state index contributed by atoms with van der Waals surface area (Å²) >= 11 is 0. The Hall–Kier alpha value is -0.820. The van der Waals surface area contributed by atoms with Crippen molar-refractivity contribution in [1.29, 1.82) is 0 Å². The van der Waals surface area contributed by atoms with Gasteiger partial charge in [0, 0.05) is 6.04 Å². The van der Waals surface area contributed by atoms with Gasteiger partial charge in [-0.2, -0.15) is 0 Å². The van der Waals surface area contributed by atoms with Crippen LogP contribution in [0.15, 0.2) is 18.2 Å². The van der Waals surface area contributed by atoms with Gasteiger partial charge in [-0.3, -0.25) is 0 Å². The zero-order valence-electron chi connectivity index (χ0n) is 13.6. The van der Waals surface area contributed by atoms with Crippen LogP contribution in [-0.2, 0) is 0 Å². The minimum absolute atomic E-state index is 0.237. The first-order valence-electron chi connectivity index (χ1n) is 8.86. The standard InChI is InChI=1S/C20H29N/c1-13-4-3-5-18(14(13)2)19(21)12-20-9-15-6-16(10-20)8-17(7-15)11-20/h3-5,15-17,19H,6-12,21H2,1-2H3. The first-order chi connectivity index (χ1) is 10.0. The highest BCUT2D eigenvalue weighted by molar-refractivity contribution is 5.35. The maximum Gasteiger partial charge on any atom is 0.0302 e. The van der Waals surface area contributed by atoms with Gasteiger partial charge in [0.2, 0.25) is 0 Å². The van der Waals surface area contributed by atoms with Crippen LogP contribution < -0.4 is 5.73 Å². The Morgan fingerprint density at radius 2 is 1.62 bits per heavy atom. The van der Waals surface area contributed by atoms with E-state index in [1.54, 1.807) is 0 Å². The zero-order valence-corrected chi connectivity index (χ0v) is 13.6. The monoisotopic (exact) mass is 283 g/mol. The highest BCUT2D eigenvalue weighted by atomic mass is 14.7. The van der Waals surface area contributed by atoms with Crippen molar-refractivity contribution in [3.63, 3.8) is 0 Å². The van der Waals surface area contributed by atoms with Gasteiger partial charge in [-0.1, -0.05) is 18.2 Å². The van der Waals surface area contributed by atoms with Gasteiger partial charge in [0.05, 0.1) is 0 Å². The molecule has 0 radical (unpaired) electrons. The molecule has 5 rings (SSSR count). The molecule has 0 amide bonds. The quantitative estimate of drug-likeness (QED) is 0.838. The van der Waals surface area contributed by atoms with Crippen molar-refractivity contribution in [3.8, 4) is 0 Å². The van der Waals surface area contributed by atoms with Gasteiger partial charge in [0.1, 0.15) is 0 Å². The molecule has 0 heterocycles. The van der Waals surface area contributed by atoms with Crippen molar-refractivity contribution in [3.05, 3.63) is 34.9 Å². The van der Waals surface area contributed by atoms with E-state index in [1.165, 1.54) is 61.6 Å². The molecule has 2 N–H and O–H groups in total. The van der Waals surface area contributed by atoms with Crippen LogP contribution in [0.5, 0.6) is 0 Å². The van der Waals surface area contributed by atoms with Gasteiger partial charge >= 0.3 is 0 Å². The summed E-state index contributed by atoms with van der Waals surface area (Å²) < 4.78 is 0. The largest absolute Gasteiger partial charge is 0.324 e. The van der Waals surface area contributed by atoms with Crippen LogP contribution in [0, 0.1) is 37.0 Å². The fourth-order valence-electron chi connectivity index (χ4n) is 6.29. The molecule has 4 aliphatic carbocycles. The molecule has 4 saturated carbocycles. The highest BCUT2D eigenvalue weighted by Gasteiger charge is 2.51. The summed E-state index contributed by atoms with van der Waals surface area (Å²) in [4.78, 5) is 0. The number of hydrogen-bond donors (Lipinski definition) is 1. The second-order valence-corrected chi connectivity index (χ2v) is 8.52. The van der Waals surface area contributed by atoms with E-state index in [2.05, 4.69) is 32.0 Å². The molecular formula is C20H29N. The van der Waals surface area contributed by atoms with Crippen LogP contribution in [-0.4, -0.2) is 0 Å². The summed E-state index contributed by atoms with van der Waals surface area (Å²) in [5.41, 5.74) is 11.5. The lowest BCUT2D eigenvalue weighted by molar-refractivity contribution is -0.0605. The van der Waals surface area contributed by atoms with E-state index in [1.807, 2.05) is 0 Å². The lowest BCUT2D eigenvalue weighted by Gasteiger charge is -2.57. The van der Waals surface area contributed by atoms with Gasteiger partial charge < -0.3 is 5.73 Å². The number of nitrogens with two attached hydrogens (primary N) is 1. The maximum absolute atomic E-state index is 6.69. The van der Waals surface area contributed by atoms with E-state index < -0.39 is 0 Å². The lowest BCUT2D eigenvalue weighted by atomic mass is 9.48. The third kappa shape index (κ3) is 2.34. The Morgan fingerprint density at radius 1 is 1.05 bits per heavy atom. The van der Waals surface area contributed by atoms with Crippen molar-refractivity contribution in [2.24, 2.45) is 28.9 Å². The normalized spacial score (nSPS) is 38.7. The molecule has 114 valence electrons. The Kier molecular flexibility index (Phi) is 3.19. The molecule has 1 aromatic carbocycles. The summed E-state index contributed by atoms with van der Waals surface area (Å²) in [6.45, 7) is 4.44. The smallest absolute Gasteiger partial charge is 0.0302 e. The first-order valence-corrected chi connectivity index (χ1v) is 8.86. The Bertz CT molecular complexity index is 509. The Balaban J connectivity index is 1.57. The molecule has 0 saturated heterocycles. The number of hydrogen-bond acceptors (Lipinski definition) is 1. The van der Waals surface area contributed by atoms with Crippen LogP contribution in [0.2, 0.25) is 0 Å². The summed E-state index contributed by atoms with van der Waals surface area (Å²) in [7, 11) is 0. The van der Waals surface area contributed by atoms with Gasteiger partial charge in [-0.05, 0) is 98.7 Å². The number of aryl methyl sites for hydroxylation is 1. The van der Waals surface area contributed by atoms with Gasteiger partial charge in [0.15, 0.2) is 0 Å². The Labute approximate surface area is 129 Å². The summed E-state index contributed by atoms with van der Waals surface area (Å²) in [6, 6.07) is 6.88. The van der Waals surface area contributed by atoms with Gasteiger partial charge in [-0.25, -0.2) is 0 Å². The predicted octanol–water partition coefficient (Wildman–Crippen LogP) is 4.91. The molecule has 4 bridgehead atoms. The zero-order chi connectivity index (χ0) is 14.6. The lowest BCUT2D eigenvalue weighted by Crippen LogP contribution is -2.47. The van der Waals surface area contributed by atoms with E-state index >= 15 is 0 Å². The van der Waals surface area contributed by atoms with Crippen molar-refractivity contribution in [1.82, 2.24) is 0 Å². The molecule has 1 heteroatoms. The average molecular weight is 283 g/mol. The van der Waals surface area contributed by atoms with E-state index in [0.29, 0.717) is 5.41 Å². The van der Waals surface area contributed by atoms with Crippen molar-refractivity contribution in [2.45, 2.75) is 64.8 Å². The maximum atomic E-state index is 6.69. The van der Waals surface area contributed by atoms with E-state index in [0.717, 1.165) is 17.8 Å². The van der Waals surface area contributed by atoms with Crippen LogP contribution >= 0.6 is 0 Å². The third-order valence-electron chi connectivity index (χ3n) is 6.86. The number of benzene rings is 1. The van der Waals surface area contributed by atoms with Crippen molar-refractivity contribution < 1.29 is 0 Å². The van der Waals surface area contributed by atoms with E-state index in [9.17, 15) is 0 Å². The third-order valence-corrected chi connectivity index (χ3v) is 6.86. The molecule has 1 atom stereocenters. The Morgan fingerprint density at radius 3 is 2.19 bits per heavy atom. The van der Waals surface area contributed by atoms with Crippen molar-refractivity contribution >= 4 is 0 Å². The van der Waals surface area contributed by atoms with Crippen LogP contribution in [0.3, 0.4) is 0 Å². The molecule has 4 aliphatic rings. The molecule has 0 aliphatic heterocycles. The van der Waals surface area contributed by atoms with Crippen LogP contribution in [0.4, 0.5) is 0 Å². The topological polar surface area (TPSA) is 26.0 Å². The SMILES string of the molecule is Cc1cccc(C(N)CC23CC4CC(CC(C4)C2)C3)c1C. The molecular weight excluding hydrogens is 254 g/mol. The van der Waals surface area contributed by atoms with Gasteiger partial charge in [-0.15, -0.1) is 0 Å². The van der Waals surface area contributed by atoms with Crippen molar-refractivity contribution in [2.75, 3.05) is 0 Å². The molecule has 4 fully saturated rings. The minimum atomic E-state index is 0.237. The first kappa shape index (κ1) is 13.8. The van der Waals surface area contributed by atoms with Gasteiger partial charge in [0.25, 0.3) is 0 Å². The second kappa shape index (κ2) is 4.84. The van der Waals surface area contributed by atoms with Crippen LogP contribution in [0.1, 0.15) is 67.7 Å². The fraction of sp³-hybridized carbons (Fsp3) is 0.700. The summed E-state index contributed by atoms with van der Waals surface area (Å²) in [5.74, 6) is 3.09. The molecule has 0 spiro atoms. The van der Waals surface area contributed by atoms with Crippen LogP contribution in [0.25, 0.3) is 0 Å². The second-order valence-electron chi connectivity index (χ2n) is 8.52. The van der Waals surface area contributed by atoms with E-state index in [-0.39, 0.29) is 6.04 Å². The summed E-state index contributed by atoms with van der Waals surface area (Å²) in [5, 5.41) is 0. The van der Waals surface area contributed by atoms with E-state index in [4.69, 9.17) is 5.73 Å². The fourth-order valence-corrected chi connectivity index (χ4v) is 6.29. The molecule has 1 aromatic rings. The predicted molar refractivity (Wildman–Crippen MR) is 88.1 cm³/mol. The molecule has 21 heavy (non-hydrogen) atoms. The highest BCUT2D eigenvalue weighted by Crippen LogP contribution is 2.62. The summed E-state index contributed by atoms with van der Waals surface area (Å²) in [6.07, 6.45) is 10.2. The molecule has 1 nitrogen and oxygen atoms in total. The number of rotatable bonds is 3.